The van der Waals surface area contributed by atoms with Crippen molar-refractivity contribution in [3.05, 3.63) is 11.8 Å². The molecule has 0 saturated carbocycles. The minimum Gasteiger partial charge on any atom is -0.516 e. The van der Waals surface area contributed by atoms with E-state index >= 15 is 0 Å². The van der Waals surface area contributed by atoms with Gasteiger partial charge in [-0.15, -0.1) is 0 Å². The predicted molar refractivity (Wildman–Crippen MR) is 56.3 cm³/mol. The molecule has 2 nitrogen and oxygen atoms in total. The Labute approximate surface area is 94.1 Å². The second-order valence-electron chi connectivity index (χ2n) is 3.81. The Morgan fingerprint density at radius 2 is 1.81 bits per heavy atom. The Hall–Kier alpha value is -0.710. The molecule has 0 aromatic rings. The van der Waals surface area contributed by atoms with Gasteiger partial charge in [0.1, 0.15) is 6.61 Å². The van der Waals surface area contributed by atoms with Crippen LogP contribution in [0.3, 0.4) is 0 Å². The van der Waals surface area contributed by atoms with Gasteiger partial charge in [0, 0.05) is 6.61 Å². The molecule has 0 atom stereocenters. The Balaban J connectivity index is 3.16. The number of unbranched alkanes of at least 4 members (excludes halogenated alkanes) is 3. The largest absolute Gasteiger partial charge is 0.516 e. The summed E-state index contributed by atoms with van der Waals surface area (Å²) in [6, 6.07) is 0. The van der Waals surface area contributed by atoms with E-state index in [2.05, 4.69) is 4.74 Å². The molecule has 0 spiro atoms. The van der Waals surface area contributed by atoms with Gasteiger partial charge < -0.3 is 9.84 Å². The van der Waals surface area contributed by atoms with Crippen LogP contribution in [-0.4, -0.2) is 24.5 Å². The molecule has 0 radical (unpaired) electrons. The van der Waals surface area contributed by atoms with E-state index in [9.17, 15) is 13.2 Å². The summed E-state index contributed by atoms with van der Waals surface area (Å²) in [6.07, 6.45) is 1.10. The number of halogens is 3. The maximum Gasteiger partial charge on any atom is 0.411 e. The third-order valence-corrected chi connectivity index (χ3v) is 2.10. The van der Waals surface area contributed by atoms with Gasteiger partial charge in [-0.1, -0.05) is 12.8 Å². The van der Waals surface area contributed by atoms with E-state index in [-0.39, 0.29) is 6.61 Å². The number of aliphatic hydroxyl groups excluding tert-OH is 1. The van der Waals surface area contributed by atoms with Crippen LogP contribution >= 0.6 is 0 Å². The van der Waals surface area contributed by atoms with Crippen molar-refractivity contribution in [2.75, 3.05) is 13.2 Å². The molecule has 0 unspecified atom stereocenters. The Bertz CT molecular complexity index is 200. The van der Waals surface area contributed by atoms with Crippen LogP contribution in [0.4, 0.5) is 13.2 Å². The third-order valence-electron chi connectivity index (χ3n) is 2.10. The standard InChI is InChI=1S/C11H19F3O2/c1-10(8-15)6-4-2-3-5-7-16-9-11(12,13)14/h8,15H,2-7,9H2,1H3. The molecule has 16 heavy (non-hydrogen) atoms. The van der Waals surface area contributed by atoms with Crippen molar-refractivity contribution in [2.45, 2.75) is 45.2 Å². The van der Waals surface area contributed by atoms with E-state index in [0.29, 0.717) is 6.42 Å². The van der Waals surface area contributed by atoms with Crippen molar-refractivity contribution in [1.29, 1.82) is 0 Å². The highest BCUT2D eigenvalue weighted by molar-refractivity contribution is 4.91. The van der Waals surface area contributed by atoms with Gasteiger partial charge in [0.15, 0.2) is 0 Å². The molecule has 0 rings (SSSR count). The van der Waals surface area contributed by atoms with Crippen LogP contribution in [0.25, 0.3) is 0 Å². The van der Waals surface area contributed by atoms with Gasteiger partial charge >= 0.3 is 6.18 Å². The summed E-state index contributed by atoms with van der Waals surface area (Å²) in [4.78, 5) is 0. The topological polar surface area (TPSA) is 29.5 Å². The van der Waals surface area contributed by atoms with Crippen molar-refractivity contribution in [2.24, 2.45) is 0 Å². The zero-order valence-corrected chi connectivity index (χ0v) is 9.52. The lowest BCUT2D eigenvalue weighted by molar-refractivity contribution is -0.174. The molecule has 0 amide bonds. The van der Waals surface area contributed by atoms with Crippen molar-refractivity contribution in [1.82, 2.24) is 0 Å². The molecule has 1 N–H and O–H groups in total. The first-order valence-electron chi connectivity index (χ1n) is 5.40. The fraction of sp³-hybridized carbons (Fsp3) is 0.818. The zero-order valence-electron chi connectivity index (χ0n) is 9.52. The first-order chi connectivity index (χ1) is 7.45. The molecule has 0 aliphatic rings. The van der Waals surface area contributed by atoms with Crippen LogP contribution < -0.4 is 0 Å². The fourth-order valence-electron chi connectivity index (χ4n) is 1.21. The molecule has 0 aromatic carbocycles. The number of ether oxygens (including phenoxy) is 1. The van der Waals surface area contributed by atoms with Gasteiger partial charge in [-0.25, -0.2) is 0 Å². The first-order valence-corrected chi connectivity index (χ1v) is 5.40. The highest BCUT2D eigenvalue weighted by atomic mass is 19.4. The number of aliphatic hydroxyl groups is 1. The van der Waals surface area contributed by atoms with Crippen LogP contribution in [-0.2, 0) is 4.74 Å². The van der Waals surface area contributed by atoms with Gasteiger partial charge in [-0.3, -0.25) is 0 Å². The lowest BCUT2D eigenvalue weighted by atomic mass is 10.1. The number of allylic oxidation sites excluding steroid dienone is 1. The van der Waals surface area contributed by atoms with Crippen LogP contribution in [0.1, 0.15) is 39.0 Å². The van der Waals surface area contributed by atoms with Crippen LogP contribution in [0.15, 0.2) is 11.8 Å². The Kier molecular flexibility index (Phi) is 8.07. The molecule has 0 aliphatic carbocycles. The number of hydrogen-bond acceptors (Lipinski definition) is 2. The number of alkyl halides is 3. The zero-order chi connectivity index (χ0) is 12.4. The SMILES string of the molecule is CC(=CO)CCCCCCOCC(F)(F)F. The first kappa shape index (κ1) is 15.3. The molecular formula is C11H19F3O2. The van der Waals surface area contributed by atoms with Crippen molar-refractivity contribution in [3.63, 3.8) is 0 Å². The summed E-state index contributed by atoms with van der Waals surface area (Å²) < 4.78 is 39.4. The number of rotatable bonds is 8. The predicted octanol–water partition coefficient (Wildman–Crippen LogP) is 3.98. The van der Waals surface area contributed by atoms with Gasteiger partial charge in [-0.05, 0) is 31.8 Å². The van der Waals surface area contributed by atoms with Crippen LogP contribution in [0.2, 0.25) is 0 Å². The summed E-state index contributed by atoms with van der Waals surface area (Å²) in [5.41, 5.74) is 0.924. The molecule has 0 saturated heterocycles. The molecule has 0 fully saturated rings. The molecule has 0 bridgehead atoms. The highest BCUT2D eigenvalue weighted by Crippen LogP contribution is 2.15. The second kappa shape index (κ2) is 8.44. The maximum absolute atomic E-state index is 11.7. The number of hydrogen-bond donors (Lipinski definition) is 1. The van der Waals surface area contributed by atoms with Gasteiger partial charge in [0.2, 0.25) is 0 Å². The minimum absolute atomic E-state index is 0.161. The van der Waals surface area contributed by atoms with Crippen LogP contribution in [0.5, 0.6) is 0 Å². The Morgan fingerprint density at radius 1 is 1.19 bits per heavy atom. The monoisotopic (exact) mass is 240 g/mol. The molecular weight excluding hydrogens is 221 g/mol. The van der Waals surface area contributed by atoms with E-state index < -0.39 is 12.8 Å². The second-order valence-corrected chi connectivity index (χ2v) is 3.81. The molecule has 0 aromatic heterocycles. The molecule has 0 aliphatic heterocycles. The molecule has 96 valence electrons. The summed E-state index contributed by atoms with van der Waals surface area (Å²) >= 11 is 0. The normalized spacial score (nSPS) is 13.1. The van der Waals surface area contributed by atoms with Gasteiger partial charge in [0.25, 0.3) is 0 Å². The van der Waals surface area contributed by atoms with Crippen molar-refractivity contribution >= 4 is 0 Å². The van der Waals surface area contributed by atoms with Crippen LogP contribution in [0, 0.1) is 0 Å². The van der Waals surface area contributed by atoms with E-state index in [1.165, 1.54) is 0 Å². The van der Waals surface area contributed by atoms with Crippen molar-refractivity contribution in [3.8, 4) is 0 Å². The molecule has 5 heteroatoms. The van der Waals surface area contributed by atoms with Gasteiger partial charge in [-0.2, -0.15) is 13.2 Å². The van der Waals surface area contributed by atoms with E-state index in [4.69, 9.17) is 5.11 Å². The summed E-state index contributed by atoms with van der Waals surface area (Å²) in [6.45, 7) is 0.847. The Morgan fingerprint density at radius 3 is 2.38 bits per heavy atom. The quantitative estimate of drug-likeness (QED) is 0.513. The maximum atomic E-state index is 11.7. The lowest BCUT2D eigenvalue weighted by Gasteiger charge is -2.07. The fourth-order valence-corrected chi connectivity index (χ4v) is 1.21. The highest BCUT2D eigenvalue weighted by Gasteiger charge is 2.26. The van der Waals surface area contributed by atoms with E-state index in [0.717, 1.165) is 37.5 Å². The molecule has 0 heterocycles. The van der Waals surface area contributed by atoms with E-state index in [1.54, 1.807) is 0 Å². The third kappa shape index (κ3) is 11.4. The average Bonchev–Trinajstić information content (AvgIpc) is 2.20. The van der Waals surface area contributed by atoms with E-state index in [1.807, 2.05) is 6.92 Å². The summed E-state index contributed by atoms with van der Waals surface area (Å²) in [5, 5.41) is 8.60. The smallest absolute Gasteiger partial charge is 0.411 e. The average molecular weight is 240 g/mol. The summed E-state index contributed by atoms with van der Waals surface area (Å²) in [5.74, 6) is 0. The minimum atomic E-state index is -4.22. The summed E-state index contributed by atoms with van der Waals surface area (Å²) in [7, 11) is 0. The lowest BCUT2D eigenvalue weighted by Crippen LogP contribution is -2.17. The van der Waals surface area contributed by atoms with Crippen molar-refractivity contribution < 1.29 is 23.0 Å². The van der Waals surface area contributed by atoms with Gasteiger partial charge in [0.05, 0.1) is 6.26 Å².